The Balaban J connectivity index is 0.000000185. The highest BCUT2D eigenvalue weighted by Crippen LogP contribution is 2.11. The fourth-order valence-electron chi connectivity index (χ4n) is 1.46. The first-order valence-electron chi connectivity index (χ1n) is 5.70. The topological polar surface area (TPSA) is 26.3 Å². The van der Waals surface area contributed by atoms with Gasteiger partial charge < -0.3 is 4.74 Å². The largest absolute Gasteiger partial charge is 0.463 e. The molecule has 0 bridgehead atoms. The molecule has 0 spiro atoms. The smallest absolute Gasteiger partial charge is 0.302 e. The van der Waals surface area contributed by atoms with Gasteiger partial charge in [0, 0.05) is 6.92 Å². The lowest BCUT2D eigenvalue weighted by molar-refractivity contribution is -0.144. The molecule has 2 rings (SSSR count). The van der Waals surface area contributed by atoms with E-state index in [1.165, 1.54) is 17.7 Å². The van der Waals surface area contributed by atoms with Gasteiger partial charge >= 0.3 is 5.97 Å². The van der Waals surface area contributed by atoms with Crippen molar-refractivity contribution < 1.29 is 9.53 Å². The highest BCUT2D eigenvalue weighted by Gasteiger charge is 1.93. The van der Waals surface area contributed by atoms with Crippen molar-refractivity contribution in [2.24, 2.45) is 0 Å². The molecular weight excluding hydrogens is 212 g/mol. The molecule has 0 saturated carbocycles. The molecule has 2 nitrogen and oxygen atoms in total. The summed E-state index contributed by atoms with van der Waals surface area (Å²) in [6.07, 6.45) is 0.0255. The Kier molecular flexibility index (Phi) is 5.21. The number of fused-ring (bicyclic) bond motifs is 1. The van der Waals surface area contributed by atoms with Crippen LogP contribution in [-0.2, 0) is 9.53 Å². The van der Waals surface area contributed by atoms with Crippen LogP contribution in [0.2, 0.25) is 0 Å². The third-order valence-corrected chi connectivity index (χ3v) is 2.06. The second-order valence-corrected chi connectivity index (χ2v) is 4.01. The van der Waals surface area contributed by atoms with E-state index in [2.05, 4.69) is 53.3 Å². The molecule has 0 N–H and O–H groups in total. The monoisotopic (exact) mass is 230 g/mol. The van der Waals surface area contributed by atoms with E-state index in [4.69, 9.17) is 0 Å². The Hall–Kier alpha value is -1.83. The molecule has 2 heteroatoms. The lowest BCUT2D eigenvalue weighted by atomic mass is 10.1. The number of rotatable bonds is 1. The fourth-order valence-corrected chi connectivity index (χ4v) is 1.46. The van der Waals surface area contributed by atoms with Gasteiger partial charge in [0.05, 0.1) is 6.10 Å². The molecule has 17 heavy (non-hydrogen) atoms. The van der Waals surface area contributed by atoms with E-state index in [0.717, 1.165) is 0 Å². The van der Waals surface area contributed by atoms with E-state index < -0.39 is 0 Å². The van der Waals surface area contributed by atoms with Crippen LogP contribution in [0, 0.1) is 0 Å². The number of carbonyl (C=O) groups is 1. The Morgan fingerprint density at radius 2 is 1.29 bits per heavy atom. The molecule has 0 aliphatic heterocycles. The molecule has 0 heterocycles. The molecule has 0 aliphatic rings. The molecule has 0 radical (unpaired) electrons. The zero-order valence-corrected chi connectivity index (χ0v) is 10.5. The summed E-state index contributed by atoms with van der Waals surface area (Å²) >= 11 is 0. The number of hydrogen-bond acceptors (Lipinski definition) is 2. The van der Waals surface area contributed by atoms with Crippen molar-refractivity contribution in [2.45, 2.75) is 26.9 Å². The van der Waals surface area contributed by atoms with Crippen LogP contribution in [0.3, 0.4) is 0 Å². The molecule has 0 aliphatic carbocycles. The van der Waals surface area contributed by atoms with Crippen molar-refractivity contribution in [1.82, 2.24) is 0 Å². The zero-order valence-electron chi connectivity index (χ0n) is 10.5. The molecule has 2 aromatic rings. The summed E-state index contributed by atoms with van der Waals surface area (Å²) in [6.45, 7) is 5.04. The average molecular weight is 230 g/mol. The van der Waals surface area contributed by atoms with Gasteiger partial charge in [-0.2, -0.15) is 0 Å². The van der Waals surface area contributed by atoms with Gasteiger partial charge in [0.25, 0.3) is 0 Å². The van der Waals surface area contributed by atoms with Crippen LogP contribution >= 0.6 is 0 Å². The van der Waals surface area contributed by atoms with Crippen LogP contribution in [0.1, 0.15) is 20.8 Å². The maximum atomic E-state index is 10.0. The van der Waals surface area contributed by atoms with Crippen LogP contribution in [-0.4, -0.2) is 12.1 Å². The van der Waals surface area contributed by atoms with E-state index in [9.17, 15) is 4.79 Å². The van der Waals surface area contributed by atoms with Gasteiger partial charge in [-0.15, -0.1) is 0 Å². The molecular formula is C15H18O2. The second-order valence-electron chi connectivity index (χ2n) is 4.01. The number of carbonyl (C=O) groups excluding carboxylic acids is 1. The number of esters is 1. The predicted molar refractivity (Wildman–Crippen MR) is 70.9 cm³/mol. The summed E-state index contributed by atoms with van der Waals surface area (Å²) < 4.78 is 4.61. The third kappa shape index (κ3) is 5.16. The summed E-state index contributed by atoms with van der Waals surface area (Å²) in [5.41, 5.74) is 0. The van der Waals surface area contributed by atoms with Crippen LogP contribution < -0.4 is 0 Å². The first kappa shape index (κ1) is 13.2. The summed E-state index contributed by atoms with van der Waals surface area (Å²) in [7, 11) is 0. The highest BCUT2D eigenvalue weighted by atomic mass is 16.5. The number of benzene rings is 2. The maximum absolute atomic E-state index is 10.0. The van der Waals surface area contributed by atoms with Crippen molar-refractivity contribution in [2.75, 3.05) is 0 Å². The summed E-state index contributed by atoms with van der Waals surface area (Å²) in [5.74, 6) is -0.213. The highest BCUT2D eigenvalue weighted by molar-refractivity contribution is 5.81. The Labute approximate surface area is 102 Å². The van der Waals surface area contributed by atoms with Gasteiger partial charge in [0.1, 0.15) is 0 Å². The van der Waals surface area contributed by atoms with Crippen molar-refractivity contribution in [1.29, 1.82) is 0 Å². The second kappa shape index (κ2) is 6.69. The lowest BCUT2D eigenvalue weighted by Crippen LogP contribution is -2.06. The Morgan fingerprint density at radius 3 is 1.47 bits per heavy atom. The molecule has 0 fully saturated rings. The Morgan fingerprint density at radius 1 is 0.941 bits per heavy atom. The predicted octanol–water partition coefficient (Wildman–Crippen LogP) is 3.80. The SMILES string of the molecule is CC(=O)OC(C)C.c1ccc2ccccc2c1. The van der Waals surface area contributed by atoms with Crippen molar-refractivity contribution in [3.8, 4) is 0 Å². The summed E-state index contributed by atoms with van der Waals surface area (Å²) in [6, 6.07) is 16.7. The molecule has 0 atom stereocenters. The van der Waals surface area contributed by atoms with Crippen LogP contribution in [0.15, 0.2) is 48.5 Å². The van der Waals surface area contributed by atoms with Crippen LogP contribution in [0.25, 0.3) is 10.8 Å². The zero-order chi connectivity index (χ0) is 12.7. The van der Waals surface area contributed by atoms with E-state index in [0.29, 0.717) is 0 Å². The van der Waals surface area contributed by atoms with Crippen LogP contribution in [0.5, 0.6) is 0 Å². The summed E-state index contributed by atoms with van der Waals surface area (Å²) in [5, 5.41) is 2.62. The number of hydrogen-bond donors (Lipinski definition) is 0. The van der Waals surface area contributed by atoms with Gasteiger partial charge in [-0.05, 0) is 24.6 Å². The summed E-state index contributed by atoms with van der Waals surface area (Å²) in [4.78, 5) is 10.0. The average Bonchev–Trinajstić information content (AvgIpc) is 2.28. The maximum Gasteiger partial charge on any atom is 0.302 e. The standard InChI is InChI=1S/C10H8.C5H10O2/c1-2-6-10-8-4-3-7-9(10)5-1;1-4(2)7-5(3)6/h1-8H;4H,1-3H3. The van der Waals surface area contributed by atoms with Crippen molar-refractivity contribution >= 4 is 16.7 Å². The normalized spacial score (nSPS) is 9.65. The minimum Gasteiger partial charge on any atom is -0.463 e. The van der Waals surface area contributed by atoms with Gasteiger partial charge in [0.2, 0.25) is 0 Å². The fraction of sp³-hybridized carbons (Fsp3) is 0.267. The molecule has 0 unspecified atom stereocenters. The quantitative estimate of drug-likeness (QED) is 0.696. The van der Waals surface area contributed by atoms with Gasteiger partial charge in [0.15, 0.2) is 0 Å². The van der Waals surface area contributed by atoms with Crippen molar-refractivity contribution in [3.05, 3.63) is 48.5 Å². The first-order chi connectivity index (χ1) is 8.09. The lowest BCUT2D eigenvalue weighted by Gasteiger charge is -2.01. The van der Waals surface area contributed by atoms with E-state index in [1.54, 1.807) is 0 Å². The van der Waals surface area contributed by atoms with Crippen LogP contribution in [0.4, 0.5) is 0 Å². The van der Waals surface area contributed by atoms with E-state index >= 15 is 0 Å². The van der Waals surface area contributed by atoms with E-state index in [1.807, 2.05) is 13.8 Å². The van der Waals surface area contributed by atoms with E-state index in [-0.39, 0.29) is 12.1 Å². The van der Waals surface area contributed by atoms with Gasteiger partial charge in [-0.1, -0.05) is 48.5 Å². The van der Waals surface area contributed by atoms with Crippen molar-refractivity contribution in [3.63, 3.8) is 0 Å². The molecule has 0 aromatic heterocycles. The first-order valence-corrected chi connectivity index (χ1v) is 5.70. The third-order valence-electron chi connectivity index (χ3n) is 2.06. The minimum absolute atomic E-state index is 0.0255. The molecule has 2 aromatic carbocycles. The van der Waals surface area contributed by atoms with Gasteiger partial charge in [-0.3, -0.25) is 4.79 Å². The molecule has 0 amide bonds. The van der Waals surface area contributed by atoms with Gasteiger partial charge in [-0.25, -0.2) is 0 Å². The molecule has 90 valence electrons. The Bertz CT molecular complexity index is 410. The molecule has 0 saturated heterocycles. The minimum atomic E-state index is -0.213. The number of ether oxygens (including phenoxy) is 1.